The maximum absolute atomic E-state index is 11.7. The molecule has 1 aromatic heterocycles. The molecule has 0 fully saturated rings. The van der Waals surface area contributed by atoms with Crippen molar-refractivity contribution >= 4 is 23.2 Å². The first-order valence-electron chi connectivity index (χ1n) is 8.24. The average Bonchev–Trinajstić information content (AvgIpc) is 2.93. The number of rotatable bonds is 4. The van der Waals surface area contributed by atoms with Crippen molar-refractivity contribution in [3.8, 4) is 17.3 Å². The SMILES string of the molecule is CNc1c(NC)c(-c2ccc3c(c2)C(C)(C)OC(=O)N3)n(NC)c1C#N. The highest BCUT2D eigenvalue weighted by atomic mass is 16.6. The van der Waals surface area contributed by atoms with Gasteiger partial charge in [0.25, 0.3) is 0 Å². The van der Waals surface area contributed by atoms with Crippen LogP contribution in [-0.4, -0.2) is 31.9 Å². The lowest BCUT2D eigenvalue weighted by atomic mass is 9.92. The summed E-state index contributed by atoms with van der Waals surface area (Å²) in [5.74, 6) is 0. The van der Waals surface area contributed by atoms with E-state index >= 15 is 0 Å². The number of carbonyl (C=O) groups is 1. The van der Waals surface area contributed by atoms with Crippen LogP contribution in [0.4, 0.5) is 21.9 Å². The highest BCUT2D eigenvalue weighted by molar-refractivity contribution is 5.93. The van der Waals surface area contributed by atoms with Gasteiger partial charge in [-0.1, -0.05) is 6.07 Å². The third kappa shape index (κ3) is 2.49. The predicted octanol–water partition coefficient (Wildman–Crippen LogP) is 3.08. The van der Waals surface area contributed by atoms with Gasteiger partial charge in [-0.05, 0) is 26.0 Å². The lowest BCUT2D eigenvalue weighted by Crippen LogP contribution is -2.34. The first-order chi connectivity index (χ1) is 12.4. The van der Waals surface area contributed by atoms with Crippen molar-refractivity contribution in [1.29, 1.82) is 5.26 Å². The Bertz CT molecular complexity index is 923. The second-order valence-electron chi connectivity index (χ2n) is 6.40. The van der Waals surface area contributed by atoms with Gasteiger partial charge in [0.1, 0.15) is 11.7 Å². The summed E-state index contributed by atoms with van der Waals surface area (Å²) >= 11 is 0. The molecule has 8 nitrogen and oxygen atoms in total. The van der Waals surface area contributed by atoms with Gasteiger partial charge in [0, 0.05) is 32.3 Å². The standard InChI is InChI=1S/C18H22N6O2/c1-18(2)11-8-10(6-7-12(11)23-17(25)26-18)16-15(21-4)14(20-3)13(9-19)24(16)22-5/h6-8,20-22H,1-5H3,(H,23,25). The Balaban J connectivity index is 2.27. The Morgan fingerprint density at radius 3 is 2.46 bits per heavy atom. The maximum atomic E-state index is 11.7. The molecule has 1 aromatic carbocycles. The summed E-state index contributed by atoms with van der Waals surface area (Å²) in [5, 5.41) is 18.6. The number of carbonyl (C=O) groups excluding carboxylic acids is 1. The molecule has 0 unspecified atom stereocenters. The van der Waals surface area contributed by atoms with Crippen LogP contribution >= 0.6 is 0 Å². The normalized spacial score (nSPS) is 14.5. The van der Waals surface area contributed by atoms with E-state index in [1.54, 1.807) is 18.8 Å². The minimum Gasteiger partial charge on any atom is -0.438 e. The van der Waals surface area contributed by atoms with Gasteiger partial charge < -0.3 is 20.8 Å². The number of amides is 1. The second-order valence-corrected chi connectivity index (χ2v) is 6.40. The van der Waals surface area contributed by atoms with E-state index in [1.165, 1.54) is 0 Å². The summed E-state index contributed by atoms with van der Waals surface area (Å²) in [6.45, 7) is 3.70. The van der Waals surface area contributed by atoms with E-state index in [0.717, 1.165) is 28.2 Å². The molecule has 0 bridgehead atoms. The number of anilines is 3. The molecule has 8 heteroatoms. The molecule has 0 saturated carbocycles. The molecule has 3 rings (SSSR count). The van der Waals surface area contributed by atoms with Crippen LogP contribution in [0.1, 0.15) is 25.1 Å². The molecule has 0 spiro atoms. The zero-order chi connectivity index (χ0) is 19.1. The average molecular weight is 354 g/mol. The summed E-state index contributed by atoms with van der Waals surface area (Å²) in [5.41, 5.74) is 7.57. The number of nitrogens with one attached hydrogen (secondary N) is 4. The molecule has 4 N–H and O–H groups in total. The topological polar surface area (TPSA) is 103 Å². The van der Waals surface area contributed by atoms with Gasteiger partial charge in [0.2, 0.25) is 0 Å². The van der Waals surface area contributed by atoms with E-state index < -0.39 is 11.7 Å². The van der Waals surface area contributed by atoms with Gasteiger partial charge in [-0.25, -0.2) is 9.47 Å². The van der Waals surface area contributed by atoms with Gasteiger partial charge in [-0.15, -0.1) is 0 Å². The smallest absolute Gasteiger partial charge is 0.412 e. The fraction of sp³-hybridized carbons (Fsp3) is 0.333. The van der Waals surface area contributed by atoms with Gasteiger partial charge >= 0.3 is 6.09 Å². The molecule has 0 atom stereocenters. The molecule has 136 valence electrons. The second kappa shape index (κ2) is 6.19. The van der Waals surface area contributed by atoms with Crippen LogP contribution in [0.5, 0.6) is 0 Å². The van der Waals surface area contributed by atoms with E-state index in [1.807, 2.05) is 39.1 Å². The van der Waals surface area contributed by atoms with Crippen LogP contribution in [0.2, 0.25) is 0 Å². The van der Waals surface area contributed by atoms with E-state index in [-0.39, 0.29) is 0 Å². The predicted molar refractivity (Wildman–Crippen MR) is 102 cm³/mol. The zero-order valence-electron chi connectivity index (χ0n) is 15.4. The molecule has 0 saturated heterocycles. The Labute approximate surface area is 152 Å². The van der Waals surface area contributed by atoms with Crippen molar-refractivity contribution in [2.75, 3.05) is 42.5 Å². The molecule has 26 heavy (non-hydrogen) atoms. The Morgan fingerprint density at radius 2 is 1.88 bits per heavy atom. The fourth-order valence-electron chi connectivity index (χ4n) is 3.38. The number of hydrogen-bond donors (Lipinski definition) is 4. The van der Waals surface area contributed by atoms with Gasteiger partial charge in [0.05, 0.1) is 22.8 Å². The Hall–Kier alpha value is -3.34. The summed E-state index contributed by atoms with van der Waals surface area (Å²) in [4.78, 5) is 11.7. The van der Waals surface area contributed by atoms with Crippen molar-refractivity contribution < 1.29 is 9.53 Å². The van der Waals surface area contributed by atoms with Gasteiger partial charge in [0.15, 0.2) is 5.69 Å². The van der Waals surface area contributed by atoms with Crippen LogP contribution in [0, 0.1) is 11.3 Å². The molecule has 0 aliphatic carbocycles. The summed E-state index contributed by atoms with van der Waals surface area (Å²) in [7, 11) is 5.35. The highest BCUT2D eigenvalue weighted by Crippen LogP contribution is 2.42. The molecular weight excluding hydrogens is 332 g/mol. The lowest BCUT2D eigenvalue weighted by Gasteiger charge is -2.32. The summed E-state index contributed by atoms with van der Waals surface area (Å²) < 4.78 is 7.15. The van der Waals surface area contributed by atoms with E-state index in [4.69, 9.17) is 4.74 Å². The quantitative estimate of drug-likeness (QED) is 0.673. The first kappa shape index (κ1) is 17.5. The third-order valence-corrected chi connectivity index (χ3v) is 4.53. The van der Waals surface area contributed by atoms with Crippen molar-refractivity contribution in [3.63, 3.8) is 0 Å². The van der Waals surface area contributed by atoms with Crippen molar-refractivity contribution in [3.05, 3.63) is 29.5 Å². The molecule has 0 radical (unpaired) electrons. The molecular formula is C18H22N6O2. The van der Waals surface area contributed by atoms with Crippen molar-refractivity contribution in [1.82, 2.24) is 4.68 Å². The minimum atomic E-state index is -0.756. The number of ether oxygens (including phenoxy) is 1. The van der Waals surface area contributed by atoms with E-state index in [9.17, 15) is 10.1 Å². The zero-order valence-corrected chi connectivity index (χ0v) is 15.4. The van der Waals surface area contributed by atoms with Gasteiger partial charge in [-0.2, -0.15) is 5.26 Å². The van der Waals surface area contributed by atoms with Crippen molar-refractivity contribution in [2.24, 2.45) is 0 Å². The number of hydrogen-bond acceptors (Lipinski definition) is 6. The molecule has 2 aromatic rings. The molecule has 1 aliphatic heterocycles. The number of nitriles is 1. The lowest BCUT2D eigenvalue weighted by molar-refractivity contribution is 0.0421. The van der Waals surface area contributed by atoms with Crippen LogP contribution in [0.3, 0.4) is 0 Å². The molecule has 2 heterocycles. The van der Waals surface area contributed by atoms with Gasteiger partial charge in [-0.3, -0.25) is 5.32 Å². The monoisotopic (exact) mass is 354 g/mol. The number of aromatic nitrogens is 1. The first-order valence-corrected chi connectivity index (χ1v) is 8.24. The van der Waals surface area contributed by atoms with E-state index in [0.29, 0.717) is 11.4 Å². The Morgan fingerprint density at radius 1 is 1.19 bits per heavy atom. The van der Waals surface area contributed by atoms with E-state index in [2.05, 4.69) is 27.4 Å². The van der Waals surface area contributed by atoms with Crippen LogP contribution < -0.4 is 21.4 Å². The number of nitrogens with zero attached hydrogens (tertiary/aromatic N) is 2. The third-order valence-electron chi connectivity index (χ3n) is 4.53. The number of cyclic esters (lactones) is 1. The molecule has 1 aliphatic rings. The fourth-order valence-corrected chi connectivity index (χ4v) is 3.38. The number of benzene rings is 1. The summed E-state index contributed by atoms with van der Waals surface area (Å²) in [6, 6.07) is 7.96. The van der Waals surface area contributed by atoms with Crippen LogP contribution in [0.15, 0.2) is 18.2 Å². The highest BCUT2D eigenvalue weighted by Gasteiger charge is 2.34. The van der Waals surface area contributed by atoms with Crippen molar-refractivity contribution in [2.45, 2.75) is 19.4 Å². The van der Waals surface area contributed by atoms with Crippen LogP contribution in [0.25, 0.3) is 11.3 Å². The largest absolute Gasteiger partial charge is 0.438 e. The Kier molecular flexibility index (Phi) is 4.16. The minimum absolute atomic E-state index is 0.464. The van der Waals surface area contributed by atoms with Crippen LogP contribution in [-0.2, 0) is 10.3 Å². The number of fused-ring (bicyclic) bond motifs is 1. The molecule has 1 amide bonds. The summed E-state index contributed by atoms with van der Waals surface area (Å²) in [6.07, 6.45) is -0.464. The maximum Gasteiger partial charge on any atom is 0.412 e.